The average molecular weight is 299 g/mol. The molecule has 0 aromatic carbocycles. The standard InChI is InChI=1S/C12H17N3O4S/c1-13-9(16)5-6-15(2)12(19)14-10(11(17)18)8-4-3-7-20-8/h3-4,7,10H,5-6H2,1-2H3,(H,13,16)(H,14,19)(H,17,18). The molecule has 0 radical (unpaired) electrons. The minimum absolute atomic E-state index is 0.164. The number of urea groups is 1. The maximum atomic E-state index is 11.9. The molecule has 8 heteroatoms. The minimum atomic E-state index is -1.12. The summed E-state index contributed by atoms with van der Waals surface area (Å²) in [5, 5.41) is 15.8. The third-order valence-corrected chi connectivity index (χ3v) is 3.58. The highest BCUT2D eigenvalue weighted by Crippen LogP contribution is 2.19. The molecule has 3 amide bonds. The molecule has 1 atom stereocenters. The monoisotopic (exact) mass is 299 g/mol. The fourth-order valence-electron chi connectivity index (χ4n) is 1.44. The van der Waals surface area contributed by atoms with Crippen molar-refractivity contribution in [3.8, 4) is 0 Å². The van der Waals surface area contributed by atoms with E-state index in [9.17, 15) is 14.4 Å². The van der Waals surface area contributed by atoms with Crippen molar-refractivity contribution in [1.82, 2.24) is 15.5 Å². The molecule has 0 saturated heterocycles. The lowest BCUT2D eigenvalue weighted by atomic mass is 10.2. The molecular weight excluding hydrogens is 282 g/mol. The van der Waals surface area contributed by atoms with E-state index in [-0.39, 0.29) is 18.9 Å². The van der Waals surface area contributed by atoms with E-state index in [1.54, 1.807) is 17.5 Å². The lowest BCUT2D eigenvalue weighted by Gasteiger charge is -2.20. The highest BCUT2D eigenvalue weighted by molar-refractivity contribution is 7.10. The van der Waals surface area contributed by atoms with E-state index >= 15 is 0 Å². The van der Waals surface area contributed by atoms with Crippen molar-refractivity contribution >= 4 is 29.2 Å². The number of amides is 3. The molecule has 0 saturated carbocycles. The zero-order valence-electron chi connectivity index (χ0n) is 11.3. The molecule has 0 spiro atoms. The van der Waals surface area contributed by atoms with Gasteiger partial charge in [0.15, 0.2) is 6.04 Å². The van der Waals surface area contributed by atoms with Crippen molar-refractivity contribution in [2.24, 2.45) is 0 Å². The first kappa shape index (κ1) is 16.0. The summed E-state index contributed by atoms with van der Waals surface area (Å²) in [5.41, 5.74) is 0. The highest BCUT2D eigenvalue weighted by Gasteiger charge is 2.24. The number of rotatable bonds is 6. The lowest BCUT2D eigenvalue weighted by molar-refractivity contribution is -0.139. The molecule has 0 aliphatic heterocycles. The number of carbonyl (C=O) groups excluding carboxylic acids is 2. The second kappa shape index (κ2) is 7.49. The van der Waals surface area contributed by atoms with Gasteiger partial charge in [-0.2, -0.15) is 0 Å². The maximum Gasteiger partial charge on any atom is 0.331 e. The number of hydrogen-bond acceptors (Lipinski definition) is 4. The Morgan fingerprint density at radius 3 is 2.65 bits per heavy atom. The lowest BCUT2D eigenvalue weighted by Crippen LogP contribution is -2.42. The summed E-state index contributed by atoms with van der Waals surface area (Å²) in [7, 11) is 3.02. The number of thiophene rings is 1. The van der Waals surface area contributed by atoms with Gasteiger partial charge in [0.05, 0.1) is 0 Å². The number of nitrogens with zero attached hydrogens (tertiary/aromatic N) is 1. The third kappa shape index (κ3) is 4.54. The van der Waals surface area contributed by atoms with Crippen molar-refractivity contribution < 1.29 is 19.5 Å². The quantitative estimate of drug-likeness (QED) is 0.718. The van der Waals surface area contributed by atoms with E-state index < -0.39 is 18.0 Å². The zero-order chi connectivity index (χ0) is 15.1. The Morgan fingerprint density at radius 2 is 2.15 bits per heavy atom. The Morgan fingerprint density at radius 1 is 1.45 bits per heavy atom. The summed E-state index contributed by atoms with van der Waals surface area (Å²) in [6.07, 6.45) is 0.164. The Balaban J connectivity index is 2.58. The first-order chi connectivity index (χ1) is 9.45. The fourth-order valence-corrected chi connectivity index (χ4v) is 2.21. The molecule has 7 nitrogen and oxygen atoms in total. The van der Waals surface area contributed by atoms with E-state index in [1.807, 2.05) is 0 Å². The molecule has 0 fully saturated rings. The number of carbonyl (C=O) groups is 3. The van der Waals surface area contributed by atoms with Crippen LogP contribution in [0.3, 0.4) is 0 Å². The predicted molar refractivity (Wildman–Crippen MR) is 74.5 cm³/mol. The van der Waals surface area contributed by atoms with Crippen LogP contribution in [-0.2, 0) is 9.59 Å². The van der Waals surface area contributed by atoms with Crippen LogP contribution in [0.5, 0.6) is 0 Å². The third-order valence-electron chi connectivity index (χ3n) is 2.64. The molecule has 1 aromatic heterocycles. The van der Waals surface area contributed by atoms with Gasteiger partial charge in [-0.25, -0.2) is 9.59 Å². The molecule has 110 valence electrons. The Hall–Kier alpha value is -2.09. The number of aliphatic carboxylic acids is 1. The Labute approximate surface area is 120 Å². The van der Waals surface area contributed by atoms with Crippen molar-refractivity contribution in [2.45, 2.75) is 12.5 Å². The predicted octanol–water partition coefficient (Wildman–Crippen LogP) is 0.651. The number of carboxylic acids is 1. The van der Waals surface area contributed by atoms with Crippen molar-refractivity contribution in [3.05, 3.63) is 22.4 Å². The Bertz CT molecular complexity index is 475. The van der Waals surface area contributed by atoms with Crippen LogP contribution in [0.4, 0.5) is 4.79 Å². The van der Waals surface area contributed by atoms with Gasteiger partial charge in [-0.05, 0) is 11.4 Å². The highest BCUT2D eigenvalue weighted by atomic mass is 32.1. The molecular formula is C12H17N3O4S. The van der Waals surface area contributed by atoms with Gasteiger partial charge >= 0.3 is 12.0 Å². The topological polar surface area (TPSA) is 98.7 Å². The van der Waals surface area contributed by atoms with Crippen LogP contribution in [0.15, 0.2) is 17.5 Å². The van der Waals surface area contributed by atoms with Crippen LogP contribution >= 0.6 is 11.3 Å². The van der Waals surface area contributed by atoms with Gasteiger partial charge in [-0.3, -0.25) is 4.79 Å². The van der Waals surface area contributed by atoms with Gasteiger partial charge in [0.2, 0.25) is 5.91 Å². The molecule has 0 aliphatic rings. The van der Waals surface area contributed by atoms with Crippen LogP contribution < -0.4 is 10.6 Å². The summed E-state index contributed by atoms with van der Waals surface area (Å²) in [6.45, 7) is 0.211. The van der Waals surface area contributed by atoms with Crippen LogP contribution in [0, 0.1) is 0 Å². The second-order valence-corrected chi connectivity index (χ2v) is 5.06. The smallest absolute Gasteiger partial charge is 0.331 e. The van der Waals surface area contributed by atoms with E-state index in [4.69, 9.17) is 5.11 Å². The van der Waals surface area contributed by atoms with Crippen LogP contribution in [0.25, 0.3) is 0 Å². The van der Waals surface area contributed by atoms with E-state index in [0.717, 1.165) is 0 Å². The average Bonchev–Trinajstić information content (AvgIpc) is 2.94. The summed E-state index contributed by atoms with van der Waals surface area (Å²) >= 11 is 1.26. The van der Waals surface area contributed by atoms with Crippen LogP contribution in [-0.4, -0.2) is 48.6 Å². The maximum absolute atomic E-state index is 11.9. The minimum Gasteiger partial charge on any atom is -0.479 e. The molecule has 1 unspecified atom stereocenters. The fraction of sp³-hybridized carbons (Fsp3) is 0.417. The summed E-state index contributed by atoms with van der Waals surface area (Å²) in [4.78, 5) is 36.0. The Kier molecular flexibility index (Phi) is 5.98. The van der Waals surface area contributed by atoms with E-state index in [1.165, 1.54) is 30.3 Å². The molecule has 1 aromatic rings. The molecule has 3 N–H and O–H groups in total. The van der Waals surface area contributed by atoms with Gasteiger partial charge in [0.25, 0.3) is 0 Å². The SMILES string of the molecule is CNC(=O)CCN(C)C(=O)NC(C(=O)O)c1cccs1. The molecule has 0 aliphatic carbocycles. The summed E-state index contributed by atoms with van der Waals surface area (Å²) in [6, 6.07) is 1.76. The normalized spacial score (nSPS) is 11.5. The van der Waals surface area contributed by atoms with Crippen molar-refractivity contribution in [3.63, 3.8) is 0 Å². The molecule has 20 heavy (non-hydrogen) atoms. The summed E-state index contributed by atoms with van der Waals surface area (Å²) < 4.78 is 0. The van der Waals surface area contributed by atoms with Crippen LogP contribution in [0.2, 0.25) is 0 Å². The van der Waals surface area contributed by atoms with Crippen LogP contribution in [0.1, 0.15) is 17.3 Å². The largest absolute Gasteiger partial charge is 0.479 e. The number of carboxylic acid groups (broad SMARTS) is 1. The number of nitrogens with one attached hydrogen (secondary N) is 2. The molecule has 1 heterocycles. The molecule has 0 bridgehead atoms. The first-order valence-electron chi connectivity index (χ1n) is 5.94. The van der Waals surface area contributed by atoms with Gasteiger partial charge in [0, 0.05) is 31.9 Å². The van der Waals surface area contributed by atoms with E-state index in [2.05, 4.69) is 10.6 Å². The van der Waals surface area contributed by atoms with Gasteiger partial charge in [-0.1, -0.05) is 6.07 Å². The first-order valence-corrected chi connectivity index (χ1v) is 6.82. The van der Waals surface area contributed by atoms with E-state index in [0.29, 0.717) is 4.88 Å². The van der Waals surface area contributed by atoms with Gasteiger partial charge < -0.3 is 20.6 Å². The zero-order valence-corrected chi connectivity index (χ0v) is 12.1. The van der Waals surface area contributed by atoms with Gasteiger partial charge in [-0.15, -0.1) is 11.3 Å². The molecule has 1 rings (SSSR count). The number of hydrogen-bond donors (Lipinski definition) is 3. The van der Waals surface area contributed by atoms with Crippen molar-refractivity contribution in [1.29, 1.82) is 0 Å². The second-order valence-electron chi connectivity index (χ2n) is 4.08. The van der Waals surface area contributed by atoms with Crippen molar-refractivity contribution in [2.75, 3.05) is 20.6 Å². The summed E-state index contributed by atoms with van der Waals surface area (Å²) in [5.74, 6) is -1.31. The van der Waals surface area contributed by atoms with Gasteiger partial charge in [0.1, 0.15) is 0 Å².